The van der Waals surface area contributed by atoms with E-state index in [1.165, 1.54) is 6.07 Å². The van der Waals surface area contributed by atoms with Crippen LogP contribution in [-0.2, 0) is 11.3 Å². The molecule has 1 unspecified atom stereocenters. The van der Waals surface area contributed by atoms with Crippen LogP contribution in [0.15, 0.2) is 16.5 Å². The maximum absolute atomic E-state index is 11.9. The third-order valence-electron chi connectivity index (χ3n) is 3.42. The summed E-state index contributed by atoms with van der Waals surface area (Å²) in [6.45, 7) is 2.30. The summed E-state index contributed by atoms with van der Waals surface area (Å²) >= 11 is 0. The predicted molar refractivity (Wildman–Crippen MR) is 74.1 cm³/mol. The number of nitrogens with zero attached hydrogens (tertiary/aromatic N) is 1. The smallest absolute Gasteiger partial charge is 0.371 e. The van der Waals surface area contributed by atoms with Crippen molar-refractivity contribution in [3.05, 3.63) is 23.7 Å². The molecule has 2 rings (SSSR count). The predicted octanol–water partition coefficient (Wildman–Crippen LogP) is 1.55. The molecule has 1 atom stereocenters. The Bertz CT molecular complexity index is 493. The topological polar surface area (TPSA) is 92.0 Å². The second-order valence-electron chi connectivity index (χ2n) is 5.19. The Morgan fingerprint density at radius 3 is 2.90 bits per heavy atom. The van der Waals surface area contributed by atoms with Crippen LogP contribution in [0.4, 0.5) is 4.79 Å². The van der Waals surface area contributed by atoms with Gasteiger partial charge in [0.25, 0.3) is 0 Å². The quantitative estimate of drug-likeness (QED) is 0.860. The molecule has 1 saturated heterocycles. The van der Waals surface area contributed by atoms with Gasteiger partial charge in [-0.2, -0.15) is 0 Å². The highest BCUT2D eigenvalue weighted by molar-refractivity contribution is 5.84. The molecule has 1 aliphatic rings. The molecular weight excluding hydrogens is 276 g/mol. The van der Waals surface area contributed by atoms with Crippen molar-refractivity contribution in [1.29, 1.82) is 0 Å². The van der Waals surface area contributed by atoms with Crippen LogP contribution in [0.1, 0.15) is 29.2 Å². The number of amides is 2. The van der Waals surface area contributed by atoms with E-state index in [2.05, 4.69) is 5.32 Å². The summed E-state index contributed by atoms with van der Waals surface area (Å²) in [7, 11) is 1.73. The second-order valence-corrected chi connectivity index (χ2v) is 5.19. The van der Waals surface area contributed by atoms with E-state index < -0.39 is 5.97 Å². The Balaban J connectivity index is 1.76. The van der Waals surface area contributed by atoms with Crippen molar-refractivity contribution < 1.29 is 23.8 Å². The summed E-state index contributed by atoms with van der Waals surface area (Å²) in [5.74, 6) is -0.471. The first-order valence-corrected chi connectivity index (χ1v) is 6.95. The number of hydrogen-bond acceptors (Lipinski definition) is 4. The normalized spacial score (nSPS) is 18.2. The maximum atomic E-state index is 11.9. The molecule has 1 fully saturated rings. The van der Waals surface area contributed by atoms with Gasteiger partial charge in [-0.3, -0.25) is 0 Å². The van der Waals surface area contributed by atoms with Crippen LogP contribution >= 0.6 is 0 Å². The number of nitrogens with one attached hydrogen (secondary N) is 1. The van der Waals surface area contributed by atoms with Crippen molar-refractivity contribution in [2.24, 2.45) is 5.92 Å². The number of aromatic carboxylic acids is 1. The Kier molecular flexibility index (Phi) is 5.21. The molecular formula is C14H20N2O5. The summed E-state index contributed by atoms with van der Waals surface area (Å²) in [6, 6.07) is 2.69. The van der Waals surface area contributed by atoms with E-state index in [1.807, 2.05) is 0 Å². The van der Waals surface area contributed by atoms with Gasteiger partial charge in [-0.25, -0.2) is 9.59 Å². The Morgan fingerprint density at radius 1 is 1.48 bits per heavy atom. The number of carboxylic acids is 1. The Labute approximate surface area is 122 Å². The fourth-order valence-electron chi connectivity index (χ4n) is 2.31. The van der Waals surface area contributed by atoms with Crippen molar-refractivity contribution in [3.63, 3.8) is 0 Å². The zero-order valence-electron chi connectivity index (χ0n) is 12.0. The average Bonchev–Trinajstić information content (AvgIpc) is 2.95. The van der Waals surface area contributed by atoms with Gasteiger partial charge in [0.2, 0.25) is 5.76 Å². The largest absolute Gasteiger partial charge is 0.475 e. The Morgan fingerprint density at radius 2 is 2.29 bits per heavy atom. The third kappa shape index (κ3) is 4.49. The monoisotopic (exact) mass is 296 g/mol. The van der Waals surface area contributed by atoms with Gasteiger partial charge in [-0.15, -0.1) is 0 Å². The van der Waals surface area contributed by atoms with Gasteiger partial charge in [-0.1, -0.05) is 0 Å². The molecule has 0 saturated carbocycles. The molecule has 7 nitrogen and oxygen atoms in total. The van der Waals surface area contributed by atoms with Gasteiger partial charge in [0.05, 0.1) is 13.2 Å². The van der Waals surface area contributed by atoms with Crippen molar-refractivity contribution in [1.82, 2.24) is 10.2 Å². The minimum Gasteiger partial charge on any atom is -0.475 e. The van der Waals surface area contributed by atoms with E-state index >= 15 is 0 Å². The van der Waals surface area contributed by atoms with Crippen LogP contribution in [-0.4, -0.2) is 48.8 Å². The molecule has 21 heavy (non-hydrogen) atoms. The molecule has 1 aliphatic heterocycles. The van der Waals surface area contributed by atoms with Gasteiger partial charge in [0.15, 0.2) is 0 Å². The number of hydrogen-bond donors (Lipinski definition) is 2. The molecule has 1 aromatic rings. The average molecular weight is 296 g/mol. The van der Waals surface area contributed by atoms with Gasteiger partial charge >= 0.3 is 12.0 Å². The van der Waals surface area contributed by atoms with Gasteiger partial charge in [0.1, 0.15) is 5.76 Å². The fraction of sp³-hybridized carbons (Fsp3) is 0.571. The number of furan rings is 1. The molecule has 116 valence electrons. The van der Waals surface area contributed by atoms with Crippen LogP contribution in [0.2, 0.25) is 0 Å². The van der Waals surface area contributed by atoms with Gasteiger partial charge in [0, 0.05) is 26.1 Å². The van der Waals surface area contributed by atoms with Crippen molar-refractivity contribution in [2.75, 3.05) is 26.8 Å². The highest BCUT2D eigenvalue weighted by Crippen LogP contribution is 2.14. The number of urea groups is 1. The van der Waals surface area contributed by atoms with Gasteiger partial charge in [-0.05, 0) is 25.0 Å². The molecule has 2 heterocycles. The van der Waals surface area contributed by atoms with E-state index in [-0.39, 0.29) is 18.3 Å². The van der Waals surface area contributed by atoms with Crippen molar-refractivity contribution in [2.45, 2.75) is 19.4 Å². The number of carbonyl (C=O) groups excluding carboxylic acids is 1. The van der Waals surface area contributed by atoms with E-state index in [9.17, 15) is 9.59 Å². The van der Waals surface area contributed by atoms with Gasteiger partial charge < -0.3 is 24.5 Å². The lowest BCUT2D eigenvalue weighted by atomic mass is 10.0. The lowest BCUT2D eigenvalue weighted by Crippen LogP contribution is -2.41. The summed E-state index contributed by atoms with van der Waals surface area (Å²) < 4.78 is 10.5. The van der Waals surface area contributed by atoms with E-state index in [4.69, 9.17) is 14.3 Å². The van der Waals surface area contributed by atoms with Crippen molar-refractivity contribution in [3.8, 4) is 0 Å². The van der Waals surface area contributed by atoms with Crippen LogP contribution in [0.3, 0.4) is 0 Å². The lowest BCUT2D eigenvalue weighted by molar-refractivity contribution is 0.0457. The summed E-state index contributed by atoms with van der Waals surface area (Å²) in [6.07, 6.45) is 2.10. The minimum atomic E-state index is -1.12. The number of ether oxygens (including phenoxy) is 1. The molecule has 7 heteroatoms. The third-order valence-corrected chi connectivity index (χ3v) is 3.42. The van der Waals surface area contributed by atoms with Crippen molar-refractivity contribution >= 4 is 12.0 Å². The SMILES string of the molecule is CN(CC1CCCOC1)C(=O)NCc1ccc(C(=O)O)o1. The van der Waals surface area contributed by atoms with Crippen LogP contribution in [0.5, 0.6) is 0 Å². The lowest BCUT2D eigenvalue weighted by Gasteiger charge is -2.27. The van der Waals surface area contributed by atoms with Crippen LogP contribution in [0, 0.1) is 5.92 Å². The molecule has 0 spiro atoms. The van der Waals surface area contributed by atoms with E-state index in [1.54, 1.807) is 18.0 Å². The molecule has 0 aromatic carbocycles. The number of rotatable bonds is 5. The summed E-state index contributed by atoms with van der Waals surface area (Å²) in [4.78, 5) is 24.2. The van der Waals surface area contributed by atoms with Crippen LogP contribution in [0.25, 0.3) is 0 Å². The maximum Gasteiger partial charge on any atom is 0.371 e. The van der Waals surface area contributed by atoms with E-state index in [0.29, 0.717) is 24.8 Å². The standard InChI is InChI=1S/C14H20N2O5/c1-16(8-10-3-2-6-20-9-10)14(19)15-7-11-4-5-12(21-11)13(17)18/h4-5,10H,2-3,6-9H2,1H3,(H,15,19)(H,17,18). The zero-order chi connectivity index (χ0) is 15.2. The van der Waals surface area contributed by atoms with E-state index in [0.717, 1.165) is 19.4 Å². The first-order chi connectivity index (χ1) is 10.1. The molecule has 1 aromatic heterocycles. The molecule has 2 N–H and O–H groups in total. The molecule has 0 radical (unpaired) electrons. The highest BCUT2D eigenvalue weighted by atomic mass is 16.5. The molecule has 0 aliphatic carbocycles. The van der Waals surface area contributed by atoms with Crippen LogP contribution < -0.4 is 5.32 Å². The molecule has 0 bridgehead atoms. The number of carboxylic acid groups (broad SMARTS) is 1. The molecule has 2 amide bonds. The Hall–Kier alpha value is -2.02. The summed E-state index contributed by atoms with van der Waals surface area (Å²) in [5, 5.41) is 11.4. The zero-order valence-corrected chi connectivity index (χ0v) is 12.0. The summed E-state index contributed by atoms with van der Waals surface area (Å²) in [5.41, 5.74) is 0. The highest BCUT2D eigenvalue weighted by Gasteiger charge is 2.19. The number of carbonyl (C=O) groups is 2. The minimum absolute atomic E-state index is 0.132. The first-order valence-electron chi connectivity index (χ1n) is 6.95. The first kappa shape index (κ1) is 15.4. The fourth-order valence-corrected chi connectivity index (χ4v) is 2.31. The second kappa shape index (κ2) is 7.12.